The maximum Gasteiger partial charge on any atom is 0.287 e. The van der Waals surface area contributed by atoms with Crippen molar-refractivity contribution in [2.24, 2.45) is 0 Å². The largest absolute Gasteiger partial charge is 0.487 e. The lowest BCUT2D eigenvalue weighted by Gasteiger charge is -2.13. The maximum atomic E-state index is 12.4. The van der Waals surface area contributed by atoms with Gasteiger partial charge in [0.05, 0.1) is 6.54 Å². The predicted octanol–water partition coefficient (Wildman–Crippen LogP) is 4.96. The zero-order valence-electron chi connectivity index (χ0n) is 16.9. The Bertz CT molecular complexity index is 1260. The average Bonchev–Trinajstić information content (AvgIpc) is 3.50. The lowest BCUT2D eigenvalue weighted by Crippen LogP contribution is -2.34. The van der Waals surface area contributed by atoms with Crippen LogP contribution in [0.15, 0.2) is 59.1 Å². The van der Waals surface area contributed by atoms with E-state index >= 15 is 0 Å². The van der Waals surface area contributed by atoms with Crippen LogP contribution in [-0.2, 0) is 17.8 Å². The van der Waals surface area contributed by atoms with Gasteiger partial charge in [-0.3, -0.25) is 4.79 Å². The number of amides is 1. The van der Waals surface area contributed by atoms with E-state index in [1.807, 2.05) is 30.5 Å². The van der Waals surface area contributed by atoms with E-state index in [9.17, 15) is 4.79 Å². The molecule has 1 aliphatic heterocycles. The fourth-order valence-corrected chi connectivity index (χ4v) is 4.20. The predicted molar refractivity (Wildman–Crippen MR) is 119 cm³/mol. The number of H-pyrrole nitrogens is 1. The van der Waals surface area contributed by atoms with Crippen LogP contribution >= 0.6 is 11.6 Å². The third kappa shape index (κ3) is 3.92. The van der Waals surface area contributed by atoms with Crippen molar-refractivity contribution in [1.29, 1.82) is 0 Å². The smallest absolute Gasteiger partial charge is 0.287 e. The standard InChI is InChI=1S/C24H21ClN2O4/c1-29-13-18-3-5-22(30-18)24(28)27-12-19-10-16-9-17(25)11-20(23(16)31-19)14-2-4-21-15(8-14)6-7-26-21/h2-9,11,19,26H,10,12-13H2,1H3,(H,27,28). The van der Waals surface area contributed by atoms with E-state index in [0.29, 0.717) is 30.4 Å². The Labute approximate surface area is 184 Å². The number of methoxy groups -OCH3 is 1. The summed E-state index contributed by atoms with van der Waals surface area (Å²) in [6.07, 6.45) is 2.41. The highest BCUT2D eigenvalue weighted by Gasteiger charge is 2.27. The fourth-order valence-electron chi connectivity index (χ4n) is 3.96. The van der Waals surface area contributed by atoms with Crippen LogP contribution in [0.2, 0.25) is 5.02 Å². The second-order valence-electron chi connectivity index (χ2n) is 7.57. The summed E-state index contributed by atoms with van der Waals surface area (Å²) in [6.45, 7) is 0.689. The van der Waals surface area contributed by atoms with Crippen molar-refractivity contribution < 1.29 is 18.7 Å². The minimum atomic E-state index is -0.280. The lowest BCUT2D eigenvalue weighted by atomic mass is 9.99. The summed E-state index contributed by atoms with van der Waals surface area (Å²) in [5.74, 6) is 1.40. The van der Waals surface area contributed by atoms with E-state index in [1.54, 1.807) is 19.2 Å². The molecule has 31 heavy (non-hydrogen) atoms. The third-order valence-electron chi connectivity index (χ3n) is 5.39. The molecule has 5 rings (SSSR count). The van der Waals surface area contributed by atoms with Crippen LogP contribution < -0.4 is 10.1 Å². The Kier molecular flexibility index (Phi) is 5.18. The summed E-state index contributed by atoms with van der Waals surface area (Å²) in [7, 11) is 1.58. The zero-order valence-corrected chi connectivity index (χ0v) is 17.7. The molecule has 4 aromatic rings. The van der Waals surface area contributed by atoms with Crippen molar-refractivity contribution in [3.8, 4) is 16.9 Å². The number of hydrogen-bond acceptors (Lipinski definition) is 4. The van der Waals surface area contributed by atoms with Gasteiger partial charge in [-0.2, -0.15) is 0 Å². The number of carbonyl (C=O) groups excluding carboxylic acids is 1. The van der Waals surface area contributed by atoms with Crippen molar-refractivity contribution >= 4 is 28.4 Å². The van der Waals surface area contributed by atoms with Crippen molar-refractivity contribution in [3.05, 3.63) is 76.8 Å². The summed E-state index contributed by atoms with van der Waals surface area (Å²) in [4.78, 5) is 15.6. The third-order valence-corrected chi connectivity index (χ3v) is 5.61. The fraction of sp³-hybridized carbons (Fsp3) is 0.208. The first-order valence-corrected chi connectivity index (χ1v) is 10.4. The number of furan rings is 1. The van der Waals surface area contributed by atoms with E-state index < -0.39 is 0 Å². The van der Waals surface area contributed by atoms with Crippen LogP contribution in [-0.4, -0.2) is 30.6 Å². The van der Waals surface area contributed by atoms with Gasteiger partial charge in [0.25, 0.3) is 5.91 Å². The second kappa shape index (κ2) is 8.13. The molecule has 3 heterocycles. The van der Waals surface area contributed by atoms with E-state index in [0.717, 1.165) is 33.3 Å². The highest BCUT2D eigenvalue weighted by Crippen LogP contribution is 2.41. The number of nitrogens with one attached hydrogen (secondary N) is 2. The molecule has 2 aromatic carbocycles. The normalized spacial score (nSPS) is 15.1. The molecule has 0 radical (unpaired) electrons. The Morgan fingerprint density at radius 3 is 3.00 bits per heavy atom. The van der Waals surface area contributed by atoms with Gasteiger partial charge in [-0.15, -0.1) is 0 Å². The molecular weight excluding hydrogens is 416 g/mol. The van der Waals surface area contributed by atoms with Crippen LogP contribution in [0, 0.1) is 0 Å². The van der Waals surface area contributed by atoms with Gasteiger partial charge < -0.3 is 24.2 Å². The molecule has 6 nitrogen and oxygen atoms in total. The average molecular weight is 437 g/mol. The zero-order chi connectivity index (χ0) is 21.4. The Morgan fingerprint density at radius 1 is 1.23 bits per heavy atom. The molecule has 2 aromatic heterocycles. The first kappa shape index (κ1) is 19.7. The SMILES string of the molecule is COCc1ccc(C(=O)NCC2Cc3cc(Cl)cc(-c4ccc5[nH]ccc5c4)c3O2)o1. The van der Waals surface area contributed by atoms with E-state index in [4.69, 9.17) is 25.5 Å². The molecule has 0 bridgehead atoms. The second-order valence-corrected chi connectivity index (χ2v) is 8.01. The molecule has 0 spiro atoms. The van der Waals surface area contributed by atoms with Crippen molar-refractivity contribution in [3.63, 3.8) is 0 Å². The highest BCUT2D eigenvalue weighted by molar-refractivity contribution is 6.31. The van der Waals surface area contributed by atoms with Gasteiger partial charge in [-0.05, 0) is 53.4 Å². The highest BCUT2D eigenvalue weighted by atomic mass is 35.5. The number of aromatic nitrogens is 1. The quantitative estimate of drug-likeness (QED) is 0.448. The minimum Gasteiger partial charge on any atom is -0.487 e. The van der Waals surface area contributed by atoms with Gasteiger partial charge in [-0.1, -0.05) is 17.7 Å². The first-order valence-electron chi connectivity index (χ1n) is 10.0. The monoisotopic (exact) mass is 436 g/mol. The Hall–Kier alpha value is -3.22. The molecule has 1 aliphatic rings. The Morgan fingerprint density at radius 2 is 2.13 bits per heavy atom. The summed E-state index contributed by atoms with van der Waals surface area (Å²) in [5, 5.41) is 4.68. The van der Waals surface area contributed by atoms with Crippen molar-refractivity contribution in [2.75, 3.05) is 13.7 Å². The number of ether oxygens (including phenoxy) is 2. The van der Waals surface area contributed by atoms with Gasteiger partial charge in [-0.25, -0.2) is 0 Å². The number of benzene rings is 2. The summed E-state index contributed by atoms with van der Waals surface area (Å²) < 4.78 is 16.7. The van der Waals surface area contributed by atoms with Gasteiger partial charge >= 0.3 is 0 Å². The molecule has 2 N–H and O–H groups in total. The maximum absolute atomic E-state index is 12.4. The molecule has 1 amide bonds. The van der Waals surface area contributed by atoms with Gasteiger partial charge in [0, 0.05) is 41.4 Å². The topological polar surface area (TPSA) is 76.5 Å². The summed E-state index contributed by atoms with van der Waals surface area (Å²) in [6, 6.07) is 15.5. The molecule has 0 saturated heterocycles. The molecule has 0 aliphatic carbocycles. The van der Waals surface area contributed by atoms with Gasteiger partial charge in [0.2, 0.25) is 0 Å². The van der Waals surface area contributed by atoms with Crippen LogP contribution in [0.1, 0.15) is 21.9 Å². The lowest BCUT2D eigenvalue weighted by molar-refractivity contribution is 0.0897. The number of aromatic amines is 1. The molecule has 0 fully saturated rings. The van der Waals surface area contributed by atoms with Crippen LogP contribution in [0.5, 0.6) is 5.75 Å². The van der Waals surface area contributed by atoms with E-state index in [2.05, 4.69) is 22.4 Å². The van der Waals surface area contributed by atoms with Crippen molar-refractivity contribution in [1.82, 2.24) is 10.3 Å². The minimum absolute atomic E-state index is 0.180. The van der Waals surface area contributed by atoms with Gasteiger partial charge in [0.1, 0.15) is 24.2 Å². The Balaban J connectivity index is 1.32. The molecular formula is C24H21ClN2O4. The van der Waals surface area contributed by atoms with E-state index in [-0.39, 0.29) is 17.8 Å². The molecule has 1 atom stereocenters. The van der Waals surface area contributed by atoms with Crippen LogP contribution in [0.25, 0.3) is 22.0 Å². The first-order chi connectivity index (χ1) is 15.1. The molecule has 7 heteroatoms. The molecule has 1 unspecified atom stereocenters. The van der Waals surface area contributed by atoms with Crippen LogP contribution in [0.3, 0.4) is 0 Å². The van der Waals surface area contributed by atoms with Gasteiger partial charge in [0.15, 0.2) is 5.76 Å². The number of halogens is 1. The molecule has 0 saturated carbocycles. The number of fused-ring (bicyclic) bond motifs is 2. The summed E-state index contributed by atoms with van der Waals surface area (Å²) >= 11 is 6.40. The number of hydrogen-bond donors (Lipinski definition) is 2. The molecule has 158 valence electrons. The summed E-state index contributed by atoms with van der Waals surface area (Å²) in [5.41, 5.74) is 4.11. The van der Waals surface area contributed by atoms with Crippen molar-refractivity contribution in [2.45, 2.75) is 19.1 Å². The van der Waals surface area contributed by atoms with E-state index in [1.165, 1.54) is 0 Å². The number of rotatable bonds is 6. The van der Waals surface area contributed by atoms with Crippen LogP contribution in [0.4, 0.5) is 0 Å². The number of carbonyl (C=O) groups is 1.